The summed E-state index contributed by atoms with van der Waals surface area (Å²) in [6.07, 6.45) is 24.7. The molecule has 5 aromatic carbocycles. The Morgan fingerprint density at radius 3 is 2.22 bits per heavy atom. The second-order valence-electron chi connectivity index (χ2n) is 19.0. The summed E-state index contributed by atoms with van der Waals surface area (Å²) >= 11 is 1.90. The van der Waals surface area contributed by atoms with Crippen molar-refractivity contribution in [3.63, 3.8) is 0 Å². The van der Waals surface area contributed by atoms with E-state index in [1.54, 1.807) is 4.90 Å². The Hall–Kier alpha value is -7.79. The maximum atomic E-state index is 11.3. The van der Waals surface area contributed by atoms with Crippen LogP contribution >= 0.6 is 11.8 Å². The Bertz CT molecular complexity index is 3560. The molecule has 0 fully saturated rings. The number of furan rings is 1. The molecule has 0 saturated carbocycles. The molecule has 5 N–H and O–H groups in total. The number of hydrogen-bond acceptors (Lipinski definition) is 9. The number of thioether (sulfide) groups is 1. The Kier molecular flexibility index (Phi) is 13.3. The molecule has 368 valence electrons. The van der Waals surface area contributed by atoms with E-state index < -0.39 is 35.2 Å². The molecule has 2 heterocycles. The van der Waals surface area contributed by atoms with Gasteiger partial charge in [-0.15, -0.1) is 11.8 Å². The molecule has 5 aliphatic rings. The molecule has 2 aromatic heterocycles. The van der Waals surface area contributed by atoms with E-state index in [4.69, 9.17) is 4.42 Å². The standard InChI is InChI=1S/C54H47N3O6.C9H12S/c58-50-49(51(59)53(61)54(62)52(50)60)56(36-15-6-2-7-16-36)39-20-12-19-38(31-39)55(35-13-4-1-5-14-35)40-25-27-43-42-26-23-34(30-47(42)63-48(43)32-40)33-24-28-46-44(29-33)41-21-10-11-22-45(41)57(46)37-17-8-3-9-18-37;1-3-10-9-7-5-4-6-8(9)2/h2-4,6,8-15,17-18,20-24,26,28-32,38,49-50,58-62H,1,5,7,16,19,25,27H2;4-7H,3H2,1-2H3. The summed E-state index contributed by atoms with van der Waals surface area (Å²) in [7, 11) is 0. The lowest BCUT2D eigenvalue weighted by Crippen LogP contribution is -2.48. The Morgan fingerprint density at radius 1 is 0.671 bits per heavy atom. The second kappa shape index (κ2) is 20.4. The van der Waals surface area contributed by atoms with E-state index in [2.05, 4.69) is 169 Å². The average molecular weight is 986 g/mol. The van der Waals surface area contributed by atoms with Crippen molar-refractivity contribution in [2.24, 2.45) is 0 Å². The van der Waals surface area contributed by atoms with Gasteiger partial charge in [0.15, 0.2) is 11.5 Å². The normalized spacial score (nSPS) is 19.6. The van der Waals surface area contributed by atoms with Crippen molar-refractivity contribution < 1.29 is 29.9 Å². The van der Waals surface area contributed by atoms with Gasteiger partial charge in [-0.3, -0.25) is 0 Å². The lowest BCUT2D eigenvalue weighted by Gasteiger charge is -2.43. The van der Waals surface area contributed by atoms with E-state index in [9.17, 15) is 25.5 Å². The molecule has 7 aromatic rings. The topological polar surface area (TPSA) is 126 Å². The molecule has 10 heteroatoms. The van der Waals surface area contributed by atoms with Gasteiger partial charge in [0.25, 0.3) is 0 Å². The van der Waals surface area contributed by atoms with Crippen LogP contribution in [0.3, 0.4) is 0 Å². The van der Waals surface area contributed by atoms with Gasteiger partial charge in [0.2, 0.25) is 11.5 Å². The average Bonchev–Trinajstić information content (AvgIpc) is 3.97. The Labute approximate surface area is 430 Å². The molecule has 3 atom stereocenters. The Morgan fingerprint density at radius 2 is 1.42 bits per heavy atom. The summed E-state index contributed by atoms with van der Waals surface area (Å²) in [5, 5.41) is 57.7. The summed E-state index contributed by atoms with van der Waals surface area (Å²) in [5.74, 6) is -1.19. The first-order valence-electron chi connectivity index (χ1n) is 25.3. The first-order chi connectivity index (χ1) is 35.7. The van der Waals surface area contributed by atoms with E-state index in [0.29, 0.717) is 18.5 Å². The van der Waals surface area contributed by atoms with Crippen LogP contribution in [0.5, 0.6) is 0 Å². The third kappa shape index (κ3) is 9.00. The van der Waals surface area contributed by atoms with Crippen molar-refractivity contribution in [3.05, 3.63) is 233 Å². The number of fused-ring (bicyclic) bond motifs is 6. The predicted molar refractivity (Wildman–Crippen MR) is 296 cm³/mol. The van der Waals surface area contributed by atoms with Crippen LogP contribution in [0.2, 0.25) is 0 Å². The molecule has 0 saturated heterocycles. The number of hydrogen-bond donors (Lipinski definition) is 5. The molecule has 0 aliphatic heterocycles. The quantitative estimate of drug-likeness (QED) is 0.0852. The summed E-state index contributed by atoms with van der Waals surface area (Å²) in [6, 6.07) is 39.4. The van der Waals surface area contributed by atoms with Crippen LogP contribution in [-0.4, -0.2) is 63.8 Å². The zero-order chi connectivity index (χ0) is 50.2. The Balaban J connectivity index is 0.000000516. The van der Waals surface area contributed by atoms with Crippen molar-refractivity contribution in [1.29, 1.82) is 0 Å². The van der Waals surface area contributed by atoms with E-state index in [1.807, 2.05) is 42.1 Å². The van der Waals surface area contributed by atoms with Crippen LogP contribution in [0.15, 0.2) is 225 Å². The van der Waals surface area contributed by atoms with Crippen molar-refractivity contribution >= 4 is 50.6 Å². The minimum absolute atomic E-state index is 0.161. The van der Waals surface area contributed by atoms with Crippen molar-refractivity contribution in [3.8, 4) is 16.8 Å². The van der Waals surface area contributed by atoms with Gasteiger partial charge in [-0.25, -0.2) is 0 Å². The summed E-state index contributed by atoms with van der Waals surface area (Å²) in [6.45, 7) is 4.33. The SMILES string of the molecule is CCSc1ccccc1C.OC1=C(O)C(O)C(N(C2=CC(N(C3=CCCC=C3)C3=Cc4oc5cc(-c6ccc7c(c6)c6ccccc6n7-c6ccccc6)ccc5c4CC3)CC=C2)C2=CC=CCC2)C(O)=C1O. The number of aryl methyl sites for hydroxylation is 2. The largest absolute Gasteiger partial charge is 0.506 e. The van der Waals surface area contributed by atoms with Gasteiger partial charge in [0.1, 0.15) is 23.5 Å². The molecule has 73 heavy (non-hydrogen) atoms. The smallest absolute Gasteiger partial charge is 0.202 e. The fraction of sp³-hybridized carbons (Fsp3) is 0.206. The minimum Gasteiger partial charge on any atom is -0.506 e. The van der Waals surface area contributed by atoms with Gasteiger partial charge in [-0.1, -0.05) is 110 Å². The molecule has 12 rings (SSSR count). The maximum Gasteiger partial charge on any atom is 0.202 e. The van der Waals surface area contributed by atoms with Crippen LogP contribution < -0.4 is 0 Å². The summed E-state index contributed by atoms with van der Waals surface area (Å²) < 4.78 is 9.10. The fourth-order valence-corrected chi connectivity index (χ4v) is 11.8. The third-order valence-electron chi connectivity index (χ3n) is 14.5. The molecule has 0 bridgehead atoms. The number of allylic oxidation sites excluding steroid dienone is 9. The van der Waals surface area contributed by atoms with E-state index >= 15 is 0 Å². The van der Waals surface area contributed by atoms with Gasteiger partial charge >= 0.3 is 0 Å². The van der Waals surface area contributed by atoms with Crippen LogP contribution in [0.4, 0.5) is 0 Å². The molecular weight excluding hydrogens is 927 g/mol. The van der Waals surface area contributed by atoms with Crippen molar-refractivity contribution in [1.82, 2.24) is 14.4 Å². The van der Waals surface area contributed by atoms with Crippen LogP contribution in [0.25, 0.3) is 55.7 Å². The van der Waals surface area contributed by atoms with E-state index in [0.717, 1.165) is 94.0 Å². The van der Waals surface area contributed by atoms with E-state index in [1.165, 1.54) is 32.3 Å². The van der Waals surface area contributed by atoms with Crippen LogP contribution in [0, 0.1) is 6.92 Å². The highest BCUT2D eigenvalue weighted by atomic mass is 32.2. The number of nitrogens with zero attached hydrogens (tertiary/aromatic N) is 3. The molecule has 0 spiro atoms. The number of aromatic nitrogens is 1. The third-order valence-corrected chi connectivity index (χ3v) is 15.6. The molecule has 9 nitrogen and oxygen atoms in total. The summed E-state index contributed by atoms with van der Waals surface area (Å²) in [4.78, 5) is 5.56. The highest BCUT2D eigenvalue weighted by Gasteiger charge is 2.43. The molecule has 0 amide bonds. The number of para-hydroxylation sites is 2. The van der Waals surface area contributed by atoms with Crippen LogP contribution in [-0.2, 0) is 6.42 Å². The highest BCUT2D eigenvalue weighted by molar-refractivity contribution is 7.99. The zero-order valence-electron chi connectivity index (χ0n) is 41.0. The number of benzene rings is 5. The van der Waals surface area contributed by atoms with Gasteiger partial charge in [0.05, 0.1) is 17.1 Å². The fourth-order valence-electron chi connectivity index (χ4n) is 11.0. The zero-order valence-corrected chi connectivity index (χ0v) is 41.8. The lowest BCUT2D eigenvalue weighted by atomic mass is 9.92. The number of rotatable bonds is 10. The lowest BCUT2D eigenvalue weighted by molar-refractivity contribution is 0.0473. The monoisotopic (exact) mass is 985 g/mol. The highest BCUT2D eigenvalue weighted by Crippen LogP contribution is 2.42. The first-order valence-corrected chi connectivity index (χ1v) is 26.3. The van der Waals surface area contributed by atoms with Gasteiger partial charge < -0.3 is 44.3 Å². The van der Waals surface area contributed by atoms with Gasteiger partial charge in [-0.05, 0) is 141 Å². The first kappa shape index (κ1) is 47.5. The second-order valence-corrected chi connectivity index (χ2v) is 20.3. The van der Waals surface area contributed by atoms with Crippen molar-refractivity contribution in [2.75, 3.05) is 5.75 Å². The number of aliphatic hydroxyl groups excluding tert-OH is 5. The molecule has 3 unspecified atom stereocenters. The summed E-state index contributed by atoms with van der Waals surface area (Å²) in [5.41, 5.74) is 12.8. The minimum atomic E-state index is -1.69. The molecule has 5 aliphatic carbocycles. The maximum absolute atomic E-state index is 11.3. The van der Waals surface area contributed by atoms with Gasteiger partial charge in [0, 0.05) is 61.2 Å². The van der Waals surface area contributed by atoms with Gasteiger partial charge in [-0.2, -0.15) is 0 Å². The van der Waals surface area contributed by atoms with Crippen molar-refractivity contribution in [2.45, 2.75) is 81.9 Å². The molecule has 0 radical (unpaired) electrons. The van der Waals surface area contributed by atoms with Crippen LogP contribution in [0.1, 0.15) is 62.3 Å². The predicted octanol–water partition coefficient (Wildman–Crippen LogP) is 15.3. The number of aliphatic hydroxyl groups is 5. The molecular formula is C63H59N3O6S. The van der Waals surface area contributed by atoms with E-state index in [-0.39, 0.29) is 6.04 Å².